The van der Waals surface area contributed by atoms with Crippen LogP contribution in [0.3, 0.4) is 0 Å². The van der Waals surface area contributed by atoms with Crippen molar-refractivity contribution in [3.8, 4) is 0 Å². The number of carbonyl (C=O) groups is 1. The Balaban J connectivity index is 1.73. The summed E-state index contributed by atoms with van der Waals surface area (Å²) in [6, 6.07) is 12.9. The Bertz CT molecular complexity index is 903. The first kappa shape index (κ1) is 18.2. The molecule has 0 bridgehead atoms. The van der Waals surface area contributed by atoms with Crippen LogP contribution in [-0.4, -0.2) is 5.91 Å². The first-order chi connectivity index (χ1) is 11.9. The van der Waals surface area contributed by atoms with Crippen LogP contribution in [0.15, 0.2) is 48.5 Å². The molecule has 25 heavy (non-hydrogen) atoms. The molecule has 0 aliphatic rings. The zero-order valence-electron chi connectivity index (χ0n) is 12.9. The predicted octanol–water partition coefficient (Wildman–Crippen LogP) is 5.79. The number of carbonyl (C=O) groups excluding carboxylic acids is 1. The van der Waals surface area contributed by atoms with Crippen molar-refractivity contribution in [3.05, 3.63) is 70.1 Å². The van der Waals surface area contributed by atoms with Gasteiger partial charge in [0.1, 0.15) is 0 Å². The standard InChI is InChI=1S/C18H13F3INOS/c19-18(20,21)14-5-6-15-13(7-14)8-16(25-15)17(24)23-10-12-3-1-11(9-22)2-4-12/h1-8H,9-10H2,(H,23,24). The number of benzene rings is 2. The summed E-state index contributed by atoms with van der Waals surface area (Å²) < 4.78 is 39.9. The van der Waals surface area contributed by atoms with Gasteiger partial charge in [-0.05, 0) is 40.8 Å². The van der Waals surface area contributed by atoms with Gasteiger partial charge in [-0.25, -0.2) is 0 Å². The number of alkyl halides is 4. The summed E-state index contributed by atoms with van der Waals surface area (Å²) in [5.74, 6) is -0.285. The van der Waals surface area contributed by atoms with E-state index < -0.39 is 11.7 Å². The predicted molar refractivity (Wildman–Crippen MR) is 102 cm³/mol. The highest BCUT2D eigenvalue weighted by Gasteiger charge is 2.30. The van der Waals surface area contributed by atoms with Gasteiger partial charge in [0.2, 0.25) is 0 Å². The van der Waals surface area contributed by atoms with E-state index in [0.717, 1.165) is 22.1 Å². The molecule has 130 valence electrons. The molecule has 1 heterocycles. The highest BCUT2D eigenvalue weighted by molar-refractivity contribution is 14.1. The number of halogens is 4. The van der Waals surface area contributed by atoms with Gasteiger partial charge in [-0.1, -0.05) is 46.9 Å². The van der Waals surface area contributed by atoms with Crippen LogP contribution in [-0.2, 0) is 17.1 Å². The van der Waals surface area contributed by atoms with Crippen LogP contribution in [0, 0.1) is 0 Å². The van der Waals surface area contributed by atoms with Crippen LogP contribution in [0.4, 0.5) is 13.2 Å². The summed E-state index contributed by atoms with van der Waals surface area (Å²) in [5.41, 5.74) is 1.48. The fourth-order valence-corrected chi connectivity index (χ4v) is 3.82. The van der Waals surface area contributed by atoms with E-state index in [1.807, 2.05) is 24.3 Å². The number of thiophene rings is 1. The lowest BCUT2D eigenvalue weighted by Gasteiger charge is -2.05. The summed E-state index contributed by atoms with van der Waals surface area (Å²) in [4.78, 5) is 12.7. The van der Waals surface area contributed by atoms with E-state index in [-0.39, 0.29) is 5.91 Å². The van der Waals surface area contributed by atoms with E-state index in [1.54, 1.807) is 0 Å². The smallest absolute Gasteiger partial charge is 0.347 e. The van der Waals surface area contributed by atoms with Gasteiger partial charge >= 0.3 is 6.18 Å². The van der Waals surface area contributed by atoms with E-state index in [4.69, 9.17) is 0 Å². The molecule has 0 saturated carbocycles. The Morgan fingerprint density at radius 1 is 1.04 bits per heavy atom. The number of hydrogen-bond acceptors (Lipinski definition) is 2. The van der Waals surface area contributed by atoms with Crippen LogP contribution < -0.4 is 5.32 Å². The molecular weight excluding hydrogens is 462 g/mol. The van der Waals surface area contributed by atoms with Gasteiger partial charge in [0.15, 0.2) is 0 Å². The first-order valence-corrected chi connectivity index (χ1v) is 9.74. The van der Waals surface area contributed by atoms with Gasteiger partial charge in [-0.2, -0.15) is 13.2 Å². The van der Waals surface area contributed by atoms with Gasteiger partial charge in [0.25, 0.3) is 5.91 Å². The fraction of sp³-hybridized carbons (Fsp3) is 0.167. The van der Waals surface area contributed by atoms with E-state index in [2.05, 4.69) is 27.9 Å². The highest BCUT2D eigenvalue weighted by Crippen LogP contribution is 2.34. The molecule has 3 aromatic rings. The zero-order valence-corrected chi connectivity index (χ0v) is 15.8. The molecule has 7 heteroatoms. The average Bonchev–Trinajstić information content (AvgIpc) is 3.02. The van der Waals surface area contributed by atoms with Gasteiger partial charge in [0, 0.05) is 15.7 Å². The molecular formula is C18H13F3INOS. The van der Waals surface area contributed by atoms with Crippen molar-refractivity contribution in [2.24, 2.45) is 0 Å². The van der Waals surface area contributed by atoms with E-state index in [9.17, 15) is 18.0 Å². The first-order valence-electron chi connectivity index (χ1n) is 7.39. The summed E-state index contributed by atoms with van der Waals surface area (Å²) in [6.45, 7) is 0.377. The van der Waals surface area contributed by atoms with E-state index in [0.29, 0.717) is 21.5 Å². The summed E-state index contributed by atoms with van der Waals surface area (Å²) in [5, 5.41) is 3.23. The van der Waals surface area contributed by atoms with E-state index >= 15 is 0 Å². The third-order valence-electron chi connectivity index (χ3n) is 3.70. The van der Waals surface area contributed by atoms with Crippen molar-refractivity contribution >= 4 is 49.9 Å². The van der Waals surface area contributed by atoms with Crippen LogP contribution in [0.1, 0.15) is 26.4 Å². The lowest BCUT2D eigenvalue weighted by Crippen LogP contribution is -2.21. The zero-order chi connectivity index (χ0) is 18.0. The van der Waals surface area contributed by atoms with Gasteiger partial charge in [0.05, 0.1) is 10.4 Å². The summed E-state index contributed by atoms with van der Waals surface area (Å²) >= 11 is 3.47. The summed E-state index contributed by atoms with van der Waals surface area (Å²) in [7, 11) is 0. The normalized spacial score (nSPS) is 11.7. The second-order valence-electron chi connectivity index (χ2n) is 5.49. The van der Waals surface area contributed by atoms with E-state index in [1.165, 1.54) is 29.0 Å². The van der Waals surface area contributed by atoms with Gasteiger partial charge < -0.3 is 5.32 Å². The second kappa shape index (κ2) is 7.33. The molecule has 0 atom stereocenters. The maximum atomic E-state index is 12.8. The molecule has 0 saturated heterocycles. The maximum Gasteiger partial charge on any atom is 0.416 e. The Hall–Kier alpha value is -1.61. The molecule has 0 unspecified atom stereocenters. The van der Waals surface area contributed by atoms with Crippen molar-refractivity contribution < 1.29 is 18.0 Å². The fourth-order valence-electron chi connectivity index (χ4n) is 2.35. The number of hydrogen-bond donors (Lipinski definition) is 1. The molecule has 0 aliphatic heterocycles. The molecule has 2 nitrogen and oxygen atoms in total. The second-order valence-corrected chi connectivity index (χ2v) is 7.34. The number of fused-ring (bicyclic) bond motifs is 1. The molecule has 0 radical (unpaired) electrons. The number of amides is 1. The van der Waals surface area contributed by atoms with Crippen molar-refractivity contribution in [1.82, 2.24) is 5.32 Å². The third-order valence-corrected chi connectivity index (χ3v) is 5.69. The monoisotopic (exact) mass is 475 g/mol. The average molecular weight is 475 g/mol. The van der Waals surface area contributed by atoms with Crippen LogP contribution in [0.25, 0.3) is 10.1 Å². The topological polar surface area (TPSA) is 29.1 Å². The highest BCUT2D eigenvalue weighted by atomic mass is 127. The van der Waals surface area contributed by atoms with Gasteiger partial charge in [-0.3, -0.25) is 4.79 Å². The quantitative estimate of drug-likeness (QED) is 0.376. The minimum Gasteiger partial charge on any atom is -0.347 e. The molecule has 3 rings (SSSR count). The molecule has 1 N–H and O–H groups in total. The molecule has 2 aromatic carbocycles. The molecule has 0 aliphatic carbocycles. The van der Waals surface area contributed by atoms with Crippen molar-refractivity contribution in [1.29, 1.82) is 0 Å². The van der Waals surface area contributed by atoms with Crippen LogP contribution >= 0.6 is 33.9 Å². The number of nitrogens with one attached hydrogen (secondary N) is 1. The lowest BCUT2D eigenvalue weighted by molar-refractivity contribution is -0.137. The lowest BCUT2D eigenvalue weighted by atomic mass is 10.1. The van der Waals surface area contributed by atoms with Crippen molar-refractivity contribution in [3.63, 3.8) is 0 Å². The van der Waals surface area contributed by atoms with Crippen LogP contribution in [0.2, 0.25) is 0 Å². The largest absolute Gasteiger partial charge is 0.416 e. The SMILES string of the molecule is O=C(NCc1ccc(CI)cc1)c1cc2cc(C(F)(F)F)ccc2s1. The Kier molecular flexibility index (Phi) is 5.33. The Morgan fingerprint density at radius 3 is 2.36 bits per heavy atom. The Morgan fingerprint density at radius 2 is 1.72 bits per heavy atom. The molecule has 1 aromatic heterocycles. The maximum absolute atomic E-state index is 12.8. The Labute approximate surface area is 160 Å². The minimum atomic E-state index is -4.39. The molecule has 1 amide bonds. The molecule has 0 spiro atoms. The minimum absolute atomic E-state index is 0.285. The van der Waals surface area contributed by atoms with Crippen molar-refractivity contribution in [2.45, 2.75) is 17.1 Å². The van der Waals surface area contributed by atoms with Crippen LogP contribution in [0.5, 0.6) is 0 Å². The molecule has 0 fully saturated rings. The summed E-state index contributed by atoms with van der Waals surface area (Å²) in [6.07, 6.45) is -4.39. The van der Waals surface area contributed by atoms with Crippen molar-refractivity contribution in [2.75, 3.05) is 0 Å². The van der Waals surface area contributed by atoms with Gasteiger partial charge in [-0.15, -0.1) is 11.3 Å². The number of rotatable bonds is 4. The third kappa shape index (κ3) is 4.33.